The lowest BCUT2D eigenvalue weighted by Gasteiger charge is -2.09. The number of ether oxygens (including phenoxy) is 3. The third-order valence-corrected chi connectivity index (χ3v) is 3.34. The topological polar surface area (TPSA) is 99.9 Å². The van der Waals surface area contributed by atoms with E-state index in [1.54, 1.807) is 32.2 Å². The molecule has 0 aliphatic carbocycles. The molecule has 1 N–H and O–H groups in total. The number of nitrogens with one attached hydrogen (secondary N) is 1. The Labute approximate surface area is 145 Å². The van der Waals surface area contributed by atoms with Crippen molar-refractivity contribution in [3.8, 4) is 5.88 Å². The van der Waals surface area contributed by atoms with Crippen LogP contribution in [0.1, 0.15) is 32.2 Å². The lowest BCUT2D eigenvalue weighted by atomic mass is 10.2. The van der Waals surface area contributed by atoms with Gasteiger partial charge < -0.3 is 23.9 Å². The van der Waals surface area contributed by atoms with Crippen LogP contribution in [-0.4, -0.2) is 44.3 Å². The Morgan fingerprint density at radius 2 is 2.04 bits per heavy atom. The van der Waals surface area contributed by atoms with Gasteiger partial charge in [0.05, 0.1) is 20.3 Å². The lowest BCUT2D eigenvalue weighted by molar-refractivity contribution is 0.0598. The zero-order chi connectivity index (χ0) is 18.2. The molecule has 2 aromatic heterocycles. The summed E-state index contributed by atoms with van der Waals surface area (Å²) in [5.74, 6) is 0.245. The highest BCUT2D eigenvalue weighted by Gasteiger charge is 2.17. The van der Waals surface area contributed by atoms with Crippen LogP contribution in [0.15, 0.2) is 28.8 Å². The maximum absolute atomic E-state index is 12.4. The zero-order valence-corrected chi connectivity index (χ0v) is 14.3. The van der Waals surface area contributed by atoms with Crippen LogP contribution in [0.4, 0.5) is 0 Å². The summed E-state index contributed by atoms with van der Waals surface area (Å²) in [6, 6.07) is 4.79. The first-order valence-corrected chi connectivity index (χ1v) is 7.59. The van der Waals surface area contributed by atoms with Gasteiger partial charge in [0.1, 0.15) is 29.3 Å². The summed E-state index contributed by atoms with van der Waals surface area (Å²) in [6.07, 6.45) is 1.54. The van der Waals surface area contributed by atoms with Gasteiger partial charge in [0.25, 0.3) is 5.91 Å². The zero-order valence-electron chi connectivity index (χ0n) is 14.3. The number of hydrogen-bond donors (Lipinski definition) is 1. The normalized spacial score (nSPS) is 10.4. The minimum atomic E-state index is -0.486. The van der Waals surface area contributed by atoms with Gasteiger partial charge in [0.2, 0.25) is 5.88 Å². The van der Waals surface area contributed by atoms with Gasteiger partial charge in [0.15, 0.2) is 0 Å². The summed E-state index contributed by atoms with van der Waals surface area (Å²) in [5, 5.41) is 2.71. The van der Waals surface area contributed by atoms with Gasteiger partial charge in [-0.15, -0.1) is 0 Å². The van der Waals surface area contributed by atoms with Crippen LogP contribution >= 0.6 is 0 Å². The van der Waals surface area contributed by atoms with Crippen molar-refractivity contribution in [1.29, 1.82) is 0 Å². The SMILES string of the molecule is COCCOc1ncccc1C(=O)NCc1cc(C(=O)OC)c(C)o1. The molecule has 0 bridgehead atoms. The molecular weight excluding hydrogens is 328 g/mol. The standard InChI is InChI=1S/C17H20N2O6/c1-11-14(17(21)23-3)9-12(25-11)10-19-15(20)13-5-4-6-18-16(13)24-8-7-22-2/h4-6,9H,7-8,10H2,1-3H3,(H,19,20). The number of methoxy groups -OCH3 is 2. The second-order valence-electron chi connectivity index (χ2n) is 5.05. The van der Waals surface area contributed by atoms with E-state index in [0.29, 0.717) is 29.3 Å². The van der Waals surface area contributed by atoms with Crippen LogP contribution in [0.25, 0.3) is 0 Å². The van der Waals surface area contributed by atoms with Crippen LogP contribution in [0.3, 0.4) is 0 Å². The van der Waals surface area contributed by atoms with Crippen molar-refractivity contribution in [2.45, 2.75) is 13.5 Å². The first-order valence-electron chi connectivity index (χ1n) is 7.59. The monoisotopic (exact) mass is 348 g/mol. The Morgan fingerprint density at radius 3 is 2.76 bits per heavy atom. The Bertz CT molecular complexity index is 740. The fraction of sp³-hybridized carbons (Fsp3) is 0.353. The Balaban J connectivity index is 2.02. The summed E-state index contributed by atoms with van der Waals surface area (Å²) in [5.41, 5.74) is 0.631. The maximum atomic E-state index is 12.4. The van der Waals surface area contributed by atoms with Crippen LogP contribution in [0.2, 0.25) is 0 Å². The molecule has 8 nitrogen and oxygen atoms in total. The molecule has 0 saturated heterocycles. The Morgan fingerprint density at radius 1 is 1.24 bits per heavy atom. The van der Waals surface area contributed by atoms with Gasteiger partial charge >= 0.3 is 5.97 Å². The number of esters is 1. The van der Waals surface area contributed by atoms with Gasteiger partial charge in [0, 0.05) is 13.3 Å². The van der Waals surface area contributed by atoms with Gasteiger partial charge in [-0.1, -0.05) is 0 Å². The predicted octanol–water partition coefficient (Wildman–Crippen LogP) is 1.72. The Kier molecular flexibility index (Phi) is 6.53. The molecule has 25 heavy (non-hydrogen) atoms. The second kappa shape index (κ2) is 8.84. The predicted molar refractivity (Wildman–Crippen MR) is 87.6 cm³/mol. The van der Waals surface area contributed by atoms with Gasteiger partial charge in [-0.25, -0.2) is 9.78 Å². The van der Waals surface area contributed by atoms with Gasteiger partial charge in [-0.3, -0.25) is 4.79 Å². The summed E-state index contributed by atoms with van der Waals surface area (Å²) in [4.78, 5) is 28.0. The van der Waals surface area contributed by atoms with E-state index in [9.17, 15) is 9.59 Å². The van der Waals surface area contributed by atoms with Crippen molar-refractivity contribution < 1.29 is 28.2 Å². The summed E-state index contributed by atoms with van der Waals surface area (Å²) in [6.45, 7) is 2.44. The van der Waals surface area contributed by atoms with E-state index in [1.165, 1.54) is 13.3 Å². The molecule has 0 aromatic carbocycles. The molecule has 0 unspecified atom stereocenters. The number of amides is 1. The van der Waals surface area contributed by atoms with Crippen molar-refractivity contribution in [3.63, 3.8) is 0 Å². The molecule has 0 fully saturated rings. The molecule has 2 aromatic rings. The number of aryl methyl sites for hydroxylation is 1. The van der Waals surface area contributed by atoms with Crippen LogP contribution in [0.5, 0.6) is 5.88 Å². The molecule has 8 heteroatoms. The molecule has 2 rings (SSSR count). The number of aromatic nitrogens is 1. The molecule has 0 aliphatic heterocycles. The molecule has 0 saturated carbocycles. The third kappa shape index (κ3) is 4.80. The smallest absolute Gasteiger partial charge is 0.341 e. The number of carbonyl (C=O) groups is 2. The highest BCUT2D eigenvalue weighted by atomic mass is 16.5. The minimum absolute atomic E-state index is 0.114. The quantitative estimate of drug-likeness (QED) is 0.573. The largest absolute Gasteiger partial charge is 0.475 e. The second-order valence-corrected chi connectivity index (χ2v) is 5.05. The summed E-state index contributed by atoms with van der Waals surface area (Å²) in [7, 11) is 2.85. The first kappa shape index (κ1) is 18.5. The number of carbonyl (C=O) groups excluding carboxylic acids is 2. The Hall–Kier alpha value is -2.87. The number of nitrogens with zero attached hydrogens (tertiary/aromatic N) is 1. The number of pyridine rings is 1. The van der Waals surface area contributed by atoms with Crippen molar-refractivity contribution in [3.05, 3.63) is 47.0 Å². The van der Waals surface area contributed by atoms with E-state index in [2.05, 4.69) is 15.0 Å². The third-order valence-electron chi connectivity index (χ3n) is 3.34. The molecular formula is C17H20N2O6. The fourth-order valence-electron chi connectivity index (χ4n) is 2.11. The average Bonchev–Trinajstić information content (AvgIpc) is 3.00. The van der Waals surface area contributed by atoms with E-state index in [1.807, 2.05) is 0 Å². The fourth-order valence-corrected chi connectivity index (χ4v) is 2.11. The number of rotatable bonds is 8. The van der Waals surface area contributed by atoms with E-state index in [-0.39, 0.29) is 24.9 Å². The first-order chi connectivity index (χ1) is 12.1. The number of furan rings is 1. The van der Waals surface area contributed by atoms with E-state index < -0.39 is 5.97 Å². The lowest BCUT2D eigenvalue weighted by Crippen LogP contribution is -2.24. The highest BCUT2D eigenvalue weighted by molar-refractivity contribution is 5.96. The van der Waals surface area contributed by atoms with Gasteiger partial charge in [-0.05, 0) is 25.1 Å². The average molecular weight is 348 g/mol. The molecule has 0 radical (unpaired) electrons. The molecule has 1 amide bonds. The minimum Gasteiger partial charge on any atom is -0.475 e. The molecule has 0 aliphatic rings. The van der Waals surface area contributed by atoms with Gasteiger partial charge in [-0.2, -0.15) is 0 Å². The molecule has 2 heterocycles. The summed E-state index contributed by atoms with van der Waals surface area (Å²) < 4.78 is 20.5. The van der Waals surface area contributed by atoms with Crippen LogP contribution < -0.4 is 10.1 Å². The molecule has 0 spiro atoms. The molecule has 0 atom stereocenters. The maximum Gasteiger partial charge on any atom is 0.341 e. The highest BCUT2D eigenvalue weighted by Crippen LogP contribution is 2.17. The van der Waals surface area contributed by atoms with Crippen molar-refractivity contribution in [2.75, 3.05) is 27.4 Å². The summed E-state index contributed by atoms with van der Waals surface area (Å²) >= 11 is 0. The van der Waals surface area contributed by atoms with Crippen LogP contribution in [0, 0.1) is 6.92 Å². The van der Waals surface area contributed by atoms with E-state index in [4.69, 9.17) is 13.9 Å². The van der Waals surface area contributed by atoms with E-state index >= 15 is 0 Å². The van der Waals surface area contributed by atoms with Crippen LogP contribution in [-0.2, 0) is 16.0 Å². The van der Waals surface area contributed by atoms with Crippen molar-refractivity contribution >= 4 is 11.9 Å². The van der Waals surface area contributed by atoms with Crippen molar-refractivity contribution in [2.24, 2.45) is 0 Å². The number of hydrogen-bond acceptors (Lipinski definition) is 7. The van der Waals surface area contributed by atoms with E-state index in [0.717, 1.165) is 0 Å². The molecule has 134 valence electrons. The van der Waals surface area contributed by atoms with Crippen molar-refractivity contribution in [1.82, 2.24) is 10.3 Å².